The topological polar surface area (TPSA) is 110 Å². The normalized spacial score (nSPS) is 17.9. The van der Waals surface area contributed by atoms with Crippen molar-refractivity contribution in [2.24, 2.45) is 5.73 Å². The lowest BCUT2D eigenvalue weighted by atomic mass is 9.97. The van der Waals surface area contributed by atoms with E-state index in [0.717, 1.165) is 42.7 Å². The van der Waals surface area contributed by atoms with Gasteiger partial charge in [-0.3, -0.25) is 29.4 Å². The second-order valence-corrected chi connectivity index (χ2v) is 8.51. The highest BCUT2D eigenvalue weighted by molar-refractivity contribution is 6.24. The summed E-state index contributed by atoms with van der Waals surface area (Å²) >= 11 is 0. The lowest BCUT2D eigenvalue weighted by molar-refractivity contribution is -0.136. The number of hydrogen-bond donors (Lipinski definition) is 2. The van der Waals surface area contributed by atoms with Gasteiger partial charge in [-0.1, -0.05) is 57.1 Å². The van der Waals surface area contributed by atoms with Crippen molar-refractivity contribution in [2.75, 3.05) is 6.54 Å². The number of halogens is 1. The second kappa shape index (κ2) is 12.7. The van der Waals surface area contributed by atoms with Gasteiger partial charge in [0.25, 0.3) is 11.8 Å². The summed E-state index contributed by atoms with van der Waals surface area (Å²) < 4.78 is 0. The molecule has 2 aliphatic heterocycles. The molecule has 0 aromatic heterocycles. The van der Waals surface area contributed by atoms with Crippen LogP contribution in [0.1, 0.15) is 96.9 Å². The third-order valence-electron chi connectivity index (χ3n) is 6.20. The van der Waals surface area contributed by atoms with E-state index in [4.69, 9.17) is 5.73 Å². The number of nitrogens with zero attached hydrogens (tertiary/aromatic N) is 1. The number of rotatable bonds is 12. The Morgan fingerprint density at radius 2 is 1.50 bits per heavy atom. The first-order valence-electron chi connectivity index (χ1n) is 11.6. The molecule has 1 saturated heterocycles. The minimum atomic E-state index is -0.914. The van der Waals surface area contributed by atoms with Crippen LogP contribution in [0.3, 0.4) is 0 Å². The van der Waals surface area contributed by atoms with Crippen LogP contribution in [-0.2, 0) is 16.0 Å². The van der Waals surface area contributed by atoms with Crippen molar-refractivity contribution in [3.8, 4) is 0 Å². The molecule has 176 valence electrons. The van der Waals surface area contributed by atoms with Crippen LogP contribution in [-0.4, -0.2) is 41.1 Å². The molecule has 0 saturated carbocycles. The van der Waals surface area contributed by atoms with Crippen LogP contribution >= 0.6 is 12.4 Å². The number of amides is 4. The molecule has 1 fully saturated rings. The van der Waals surface area contributed by atoms with Gasteiger partial charge in [-0.2, -0.15) is 0 Å². The van der Waals surface area contributed by atoms with Crippen molar-refractivity contribution in [1.29, 1.82) is 0 Å². The van der Waals surface area contributed by atoms with E-state index in [9.17, 15) is 19.2 Å². The summed E-state index contributed by atoms with van der Waals surface area (Å²) in [4.78, 5) is 50.6. The van der Waals surface area contributed by atoms with E-state index in [1.54, 1.807) is 12.1 Å². The first-order chi connectivity index (χ1) is 15.0. The van der Waals surface area contributed by atoms with E-state index in [1.807, 2.05) is 6.07 Å². The maximum atomic E-state index is 13.1. The molecule has 1 aromatic rings. The largest absolute Gasteiger partial charge is 0.330 e. The predicted octanol–water partition coefficient (Wildman–Crippen LogP) is 3.52. The molecular weight excluding hydrogens is 430 g/mol. The molecule has 0 spiro atoms. The van der Waals surface area contributed by atoms with E-state index < -0.39 is 23.8 Å². The zero-order valence-corrected chi connectivity index (χ0v) is 19.4. The highest BCUT2D eigenvalue weighted by atomic mass is 35.5. The van der Waals surface area contributed by atoms with Gasteiger partial charge in [0.15, 0.2) is 0 Å². The maximum Gasteiger partial charge on any atom is 0.262 e. The van der Waals surface area contributed by atoms with Crippen molar-refractivity contribution < 1.29 is 19.2 Å². The third kappa shape index (κ3) is 6.17. The van der Waals surface area contributed by atoms with Gasteiger partial charge in [0.1, 0.15) is 6.04 Å². The number of fused-ring (bicyclic) bond motifs is 1. The number of piperidine rings is 1. The number of unbranched alkanes of at least 4 members (excludes halogenated alkanes) is 8. The highest BCUT2D eigenvalue weighted by Crippen LogP contribution is 2.30. The lowest BCUT2D eigenvalue weighted by Crippen LogP contribution is -2.54. The van der Waals surface area contributed by atoms with Gasteiger partial charge in [-0.05, 0) is 43.9 Å². The molecule has 3 rings (SSSR count). The fraction of sp³-hybridized carbons (Fsp3) is 0.583. The number of hydrogen-bond acceptors (Lipinski definition) is 5. The Morgan fingerprint density at radius 3 is 2.12 bits per heavy atom. The predicted molar refractivity (Wildman–Crippen MR) is 125 cm³/mol. The van der Waals surface area contributed by atoms with Gasteiger partial charge < -0.3 is 5.73 Å². The van der Waals surface area contributed by atoms with Crippen molar-refractivity contribution in [3.63, 3.8) is 0 Å². The number of imide groups is 2. The molecule has 1 unspecified atom stereocenters. The lowest BCUT2D eigenvalue weighted by Gasteiger charge is -2.27. The van der Waals surface area contributed by atoms with Gasteiger partial charge in [-0.25, -0.2) is 0 Å². The molecule has 2 heterocycles. The number of carbonyl (C=O) groups excluding carboxylic acids is 4. The molecule has 7 nitrogen and oxygen atoms in total. The van der Waals surface area contributed by atoms with Crippen LogP contribution in [0.15, 0.2) is 18.2 Å². The minimum absolute atomic E-state index is 0. The zero-order valence-electron chi connectivity index (χ0n) is 18.6. The molecule has 0 bridgehead atoms. The Kier molecular flexibility index (Phi) is 10.3. The summed E-state index contributed by atoms with van der Waals surface area (Å²) in [5.41, 5.74) is 7.17. The Bertz CT molecular complexity index is 843. The van der Waals surface area contributed by atoms with E-state index >= 15 is 0 Å². The fourth-order valence-corrected chi connectivity index (χ4v) is 4.49. The van der Waals surface area contributed by atoms with Crippen LogP contribution < -0.4 is 11.1 Å². The van der Waals surface area contributed by atoms with Crippen molar-refractivity contribution in [1.82, 2.24) is 10.2 Å². The molecule has 2 aliphatic rings. The van der Waals surface area contributed by atoms with Crippen molar-refractivity contribution in [2.45, 2.75) is 83.1 Å². The quantitative estimate of drug-likeness (QED) is 0.364. The van der Waals surface area contributed by atoms with Crippen LogP contribution in [0, 0.1) is 0 Å². The number of benzene rings is 1. The standard InChI is InChI=1S/C24H33N3O4.ClH/c25-16-9-7-5-3-1-2-4-6-8-11-17-12-10-13-18-21(17)24(31)27(23(18)30)19-14-15-20(28)26-22(19)29;/h10,12-13,19H,1-9,11,14-16,25H2,(H,26,28,29);1H. The summed E-state index contributed by atoms with van der Waals surface area (Å²) in [7, 11) is 0. The van der Waals surface area contributed by atoms with Gasteiger partial charge in [0, 0.05) is 6.42 Å². The maximum absolute atomic E-state index is 13.1. The molecule has 0 radical (unpaired) electrons. The van der Waals surface area contributed by atoms with E-state index in [-0.39, 0.29) is 31.2 Å². The minimum Gasteiger partial charge on any atom is -0.330 e. The van der Waals surface area contributed by atoms with Gasteiger partial charge in [0.2, 0.25) is 11.8 Å². The van der Waals surface area contributed by atoms with Crippen LogP contribution in [0.5, 0.6) is 0 Å². The van der Waals surface area contributed by atoms with Crippen molar-refractivity contribution in [3.05, 3.63) is 34.9 Å². The Labute approximate surface area is 195 Å². The van der Waals surface area contributed by atoms with Gasteiger partial charge >= 0.3 is 0 Å². The van der Waals surface area contributed by atoms with E-state index in [0.29, 0.717) is 11.1 Å². The molecule has 1 atom stereocenters. The summed E-state index contributed by atoms with van der Waals surface area (Å²) in [6, 6.07) is 4.43. The summed E-state index contributed by atoms with van der Waals surface area (Å²) in [5, 5.41) is 2.23. The van der Waals surface area contributed by atoms with E-state index in [2.05, 4.69) is 5.32 Å². The monoisotopic (exact) mass is 463 g/mol. The Hall–Kier alpha value is -2.25. The SMILES string of the molecule is Cl.NCCCCCCCCCCCc1cccc2c1C(=O)N(C1CCC(=O)NC1=O)C2=O. The summed E-state index contributed by atoms with van der Waals surface area (Å²) in [5.74, 6) is -1.79. The summed E-state index contributed by atoms with van der Waals surface area (Å²) in [6.45, 7) is 0.780. The molecular formula is C24H34ClN3O4. The molecule has 3 N–H and O–H groups in total. The van der Waals surface area contributed by atoms with Crippen LogP contribution in [0.25, 0.3) is 0 Å². The average Bonchev–Trinajstić information content (AvgIpc) is 3.01. The van der Waals surface area contributed by atoms with E-state index in [1.165, 1.54) is 38.5 Å². The zero-order chi connectivity index (χ0) is 22.2. The first kappa shape index (κ1) is 26.0. The Balaban J connectivity index is 0.00000363. The second-order valence-electron chi connectivity index (χ2n) is 8.51. The first-order valence-corrected chi connectivity index (χ1v) is 11.6. The highest BCUT2D eigenvalue weighted by Gasteiger charge is 2.45. The number of nitrogens with two attached hydrogens (primary N) is 1. The molecule has 8 heteroatoms. The number of carbonyl (C=O) groups is 4. The average molecular weight is 464 g/mol. The fourth-order valence-electron chi connectivity index (χ4n) is 4.49. The Morgan fingerprint density at radius 1 is 0.875 bits per heavy atom. The molecule has 1 aromatic carbocycles. The number of nitrogens with one attached hydrogen (secondary N) is 1. The van der Waals surface area contributed by atoms with Gasteiger partial charge in [0.05, 0.1) is 11.1 Å². The van der Waals surface area contributed by atoms with Crippen molar-refractivity contribution >= 4 is 36.0 Å². The molecule has 4 amide bonds. The van der Waals surface area contributed by atoms with Gasteiger partial charge in [-0.15, -0.1) is 12.4 Å². The van der Waals surface area contributed by atoms with Crippen LogP contribution in [0.4, 0.5) is 0 Å². The summed E-state index contributed by atoms with van der Waals surface area (Å²) in [6.07, 6.45) is 11.6. The number of aryl methyl sites for hydroxylation is 1. The smallest absolute Gasteiger partial charge is 0.262 e. The molecule has 0 aliphatic carbocycles. The third-order valence-corrected chi connectivity index (χ3v) is 6.20. The van der Waals surface area contributed by atoms with Crippen LogP contribution in [0.2, 0.25) is 0 Å². The molecule has 32 heavy (non-hydrogen) atoms.